The Morgan fingerprint density at radius 1 is 1.03 bits per heavy atom. The quantitative estimate of drug-likeness (QED) is 0.422. The maximum atomic E-state index is 13.1. The summed E-state index contributed by atoms with van der Waals surface area (Å²) in [5, 5.41) is 9.20. The maximum Gasteiger partial charge on any atom is 0.263 e. The molecule has 1 aromatic heterocycles. The van der Waals surface area contributed by atoms with Crippen molar-refractivity contribution in [3.63, 3.8) is 0 Å². The Kier molecular flexibility index (Phi) is 8.30. The number of aliphatic hydroxyl groups excluding tert-OH is 1. The molecule has 0 aliphatic heterocycles. The van der Waals surface area contributed by atoms with Gasteiger partial charge < -0.3 is 19.3 Å². The van der Waals surface area contributed by atoms with E-state index < -0.39 is 10.0 Å². The van der Waals surface area contributed by atoms with Crippen LogP contribution in [0.2, 0.25) is 0 Å². The molecule has 0 saturated heterocycles. The topological polar surface area (TPSA) is 120 Å². The second-order valence-electron chi connectivity index (χ2n) is 7.76. The molecule has 2 aromatic carbocycles. The van der Waals surface area contributed by atoms with Crippen LogP contribution in [0.3, 0.4) is 0 Å². The summed E-state index contributed by atoms with van der Waals surface area (Å²) in [7, 11) is -0.839. The first-order chi connectivity index (χ1) is 16.3. The Morgan fingerprint density at radius 2 is 1.76 bits per heavy atom. The van der Waals surface area contributed by atoms with E-state index in [1.807, 2.05) is 19.9 Å². The predicted molar refractivity (Wildman–Crippen MR) is 128 cm³/mol. The molecule has 182 valence electrons. The summed E-state index contributed by atoms with van der Waals surface area (Å²) in [6, 6.07) is 12.0. The SMILES string of the molecule is COc1ccc(Cc2c(NS(=O)(=O)c3ccc(C(C)C)cc3)ncnc2OCCO)c(OC)c1. The van der Waals surface area contributed by atoms with Crippen LogP contribution >= 0.6 is 0 Å². The van der Waals surface area contributed by atoms with E-state index in [1.54, 1.807) is 43.5 Å². The average Bonchev–Trinajstić information content (AvgIpc) is 2.84. The van der Waals surface area contributed by atoms with Crippen LogP contribution in [0.4, 0.5) is 5.82 Å². The van der Waals surface area contributed by atoms with Crippen molar-refractivity contribution >= 4 is 15.8 Å². The Labute approximate surface area is 199 Å². The van der Waals surface area contributed by atoms with Crippen LogP contribution in [0.1, 0.15) is 36.5 Å². The molecule has 9 nitrogen and oxygen atoms in total. The lowest BCUT2D eigenvalue weighted by Crippen LogP contribution is -2.17. The van der Waals surface area contributed by atoms with Crippen molar-refractivity contribution in [3.8, 4) is 17.4 Å². The highest BCUT2D eigenvalue weighted by molar-refractivity contribution is 7.92. The van der Waals surface area contributed by atoms with Gasteiger partial charge in [0, 0.05) is 12.5 Å². The third-order valence-electron chi connectivity index (χ3n) is 5.19. The fourth-order valence-electron chi connectivity index (χ4n) is 3.32. The number of nitrogens with one attached hydrogen (secondary N) is 1. The zero-order valence-corrected chi connectivity index (χ0v) is 20.4. The van der Waals surface area contributed by atoms with Crippen LogP contribution in [0.25, 0.3) is 0 Å². The second-order valence-corrected chi connectivity index (χ2v) is 9.44. The molecule has 2 N–H and O–H groups in total. The van der Waals surface area contributed by atoms with Crippen molar-refractivity contribution in [1.82, 2.24) is 9.97 Å². The molecule has 3 aromatic rings. The number of ether oxygens (including phenoxy) is 3. The van der Waals surface area contributed by atoms with E-state index in [4.69, 9.17) is 14.2 Å². The lowest BCUT2D eigenvalue weighted by Gasteiger charge is -2.17. The molecule has 0 atom stereocenters. The van der Waals surface area contributed by atoms with Gasteiger partial charge in [-0.1, -0.05) is 32.0 Å². The fourth-order valence-corrected chi connectivity index (χ4v) is 4.36. The number of nitrogens with zero attached hydrogens (tertiary/aromatic N) is 2. The second kappa shape index (κ2) is 11.2. The normalized spacial score (nSPS) is 11.4. The van der Waals surface area contributed by atoms with Gasteiger partial charge in [-0.05, 0) is 35.2 Å². The molecule has 0 spiro atoms. The molecular weight excluding hydrogens is 458 g/mol. The van der Waals surface area contributed by atoms with E-state index in [-0.39, 0.29) is 42.1 Å². The van der Waals surface area contributed by atoms with E-state index in [0.29, 0.717) is 17.1 Å². The zero-order chi connectivity index (χ0) is 24.7. The molecule has 10 heteroatoms. The highest BCUT2D eigenvalue weighted by Gasteiger charge is 2.22. The first-order valence-corrected chi connectivity index (χ1v) is 12.2. The van der Waals surface area contributed by atoms with Crippen molar-refractivity contribution in [2.75, 3.05) is 32.2 Å². The number of hydrogen-bond donors (Lipinski definition) is 2. The van der Waals surface area contributed by atoms with Crippen molar-refractivity contribution in [2.24, 2.45) is 0 Å². The van der Waals surface area contributed by atoms with Gasteiger partial charge in [0.25, 0.3) is 10.0 Å². The van der Waals surface area contributed by atoms with Gasteiger partial charge in [-0.3, -0.25) is 4.72 Å². The molecule has 0 aliphatic rings. The molecule has 0 bridgehead atoms. The van der Waals surface area contributed by atoms with Crippen molar-refractivity contribution < 1.29 is 27.7 Å². The largest absolute Gasteiger partial charge is 0.497 e. The number of aromatic nitrogens is 2. The van der Waals surface area contributed by atoms with Gasteiger partial charge in [-0.25, -0.2) is 18.4 Å². The summed E-state index contributed by atoms with van der Waals surface area (Å²) in [6.07, 6.45) is 1.42. The summed E-state index contributed by atoms with van der Waals surface area (Å²) in [4.78, 5) is 8.44. The predicted octanol–water partition coefficient (Wildman–Crippen LogP) is 3.38. The Balaban J connectivity index is 2.01. The molecule has 0 aliphatic carbocycles. The molecule has 0 amide bonds. The summed E-state index contributed by atoms with van der Waals surface area (Å²) in [5.41, 5.74) is 2.18. The van der Waals surface area contributed by atoms with Crippen LogP contribution in [0, 0.1) is 0 Å². The standard InChI is InChI=1S/C24H29N3O6S/c1-16(2)17-6-9-20(10-7-17)34(29,30)27-23-21(24(26-15-25-23)33-12-11-28)13-18-5-8-19(31-3)14-22(18)32-4/h5-10,14-16,28H,11-13H2,1-4H3,(H,25,26,27). The third-order valence-corrected chi connectivity index (χ3v) is 6.54. The summed E-state index contributed by atoms with van der Waals surface area (Å²) in [5.74, 6) is 1.69. The molecule has 34 heavy (non-hydrogen) atoms. The lowest BCUT2D eigenvalue weighted by atomic mass is 10.0. The number of sulfonamides is 1. The summed E-state index contributed by atoms with van der Waals surface area (Å²) < 4.78 is 45.1. The zero-order valence-electron chi connectivity index (χ0n) is 19.6. The van der Waals surface area contributed by atoms with Gasteiger partial charge in [-0.15, -0.1) is 0 Å². The van der Waals surface area contributed by atoms with Crippen molar-refractivity contribution in [1.29, 1.82) is 0 Å². The maximum absolute atomic E-state index is 13.1. The first kappa shape index (κ1) is 25.3. The van der Waals surface area contributed by atoms with E-state index in [1.165, 1.54) is 13.4 Å². The molecule has 0 radical (unpaired) electrons. The molecular formula is C24H29N3O6S. The number of rotatable bonds is 11. The Bertz CT molecular complexity index is 1210. The van der Waals surface area contributed by atoms with Gasteiger partial charge in [-0.2, -0.15) is 0 Å². The number of benzene rings is 2. The number of hydrogen-bond acceptors (Lipinski definition) is 8. The molecule has 1 heterocycles. The Morgan fingerprint density at radius 3 is 2.38 bits per heavy atom. The van der Waals surface area contributed by atoms with Gasteiger partial charge in [0.2, 0.25) is 5.88 Å². The molecule has 0 unspecified atom stereocenters. The Hall–Kier alpha value is -3.37. The van der Waals surface area contributed by atoms with E-state index >= 15 is 0 Å². The van der Waals surface area contributed by atoms with Crippen LogP contribution in [-0.4, -0.2) is 50.9 Å². The van der Waals surface area contributed by atoms with Gasteiger partial charge in [0.15, 0.2) is 5.82 Å². The van der Waals surface area contributed by atoms with Crippen LogP contribution in [0.5, 0.6) is 17.4 Å². The number of aliphatic hydroxyl groups is 1. The van der Waals surface area contributed by atoms with Gasteiger partial charge in [0.05, 0.1) is 31.3 Å². The molecule has 3 rings (SSSR count). The van der Waals surface area contributed by atoms with Crippen molar-refractivity contribution in [3.05, 3.63) is 65.5 Å². The van der Waals surface area contributed by atoms with Crippen LogP contribution in [0.15, 0.2) is 53.7 Å². The van der Waals surface area contributed by atoms with Crippen molar-refractivity contribution in [2.45, 2.75) is 31.1 Å². The number of anilines is 1. The highest BCUT2D eigenvalue weighted by Crippen LogP contribution is 2.32. The molecule has 0 saturated carbocycles. The summed E-state index contributed by atoms with van der Waals surface area (Å²) in [6.45, 7) is 3.84. The minimum absolute atomic E-state index is 0.00733. The summed E-state index contributed by atoms with van der Waals surface area (Å²) >= 11 is 0. The minimum atomic E-state index is -3.93. The van der Waals surface area contributed by atoms with E-state index in [0.717, 1.165) is 11.1 Å². The average molecular weight is 488 g/mol. The van der Waals surface area contributed by atoms with Gasteiger partial charge >= 0.3 is 0 Å². The first-order valence-electron chi connectivity index (χ1n) is 10.7. The van der Waals surface area contributed by atoms with Gasteiger partial charge in [0.1, 0.15) is 24.4 Å². The fraction of sp³-hybridized carbons (Fsp3) is 0.333. The smallest absolute Gasteiger partial charge is 0.263 e. The monoisotopic (exact) mass is 487 g/mol. The highest BCUT2D eigenvalue weighted by atomic mass is 32.2. The third kappa shape index (κ3) is 5.95. The van der Waals surface area contributed by atoms with E-state index in [2.05, 4.69) is 14.7 Å². The minimum Gasteiger partial charge on any atom is -0.497 e. The number of methoxy groups -OCH3 is 2. The molecule has 0 fully saturated rings. The van der Waals surface area contributed by atoms with Crippen LogP contribution in [-0.2, 0) is 16.4 Å². The lowest BCUT2D eigenvalue weighted by molar-refractivity contribution is 0.195. The van der Waals surface area contributed by atoms with E-state index in [9.17, 15) is 13.5 Å². The van der Waals surface area contributed by atoms with Crippen LogP contribution < -0.4 is 18.9 Å².